The van der Waals surface area contributed by atoms with Gasteiger partial charge in [0.2, 0.25) is 0 Å². The average molecular weight is 251 g/mol. The Morgan fingerprint density at radius 3 is 1.94 bits per heavy atom. The Morgan fingerprint density at radius 1 is 0.875 bits per heavy atom. The summed E-state index contributed by atoms with van der Waals surface area (Å²) in [4.78, 5) is 2.27. The molecule has 0 N–H and O–H groups in total. The average Bonchev–Trinajstić information content (AvgIpc) is 2.10. The lowest BCUT2D eigenvalue weighted by Crippen LogP contribution is -3.00. The van der Waals surface area contributed by atoms with Gasteiger partial charge in [0.15, 0.2) is 0 Å². The third-order valence-corrected chi connectivity index (χ3v) is 2.95. The Bertz CT molecular complexity index is 147. The number of halogens is 1. The molecule has 0 atom stereocenters. The van der Waals surface area contributed by atoms with Crippen LogP contribution in [0.2, 0.25) is 0 Å². The van der Waals surface area contributed by atoms with Crippen molar-refractivity contribution in [2.24, 2.45) is 0 Å². The summed E-state index contributed by atoms with van der Waals surface area (Å²) in [5.41, 5.74) is 0. The van der Waals surface area contributed by atoms with Crippen molar-refractivity contribution in [1.82, 2.24) is 4.90 Å². The van der Waals surface area contributed by atoms with E-state index >= 15 is 0 Å². The van der Waals surface area contributed by atoms with Gasteiger partial charge in [-0.2, -0.15) is 0 Å². The highest BCUT2D eigenvalue weighted by Gasteiger charge is 2.11. The van der Waals surface area contributed by atoms with E-state index in [2.05, 4.69) is 40.0 Å². The first-order valence-electron chi connectivity index (χ1n) is 6.44. The van der Waals surface area contributed by atoms with E-state index in [4.69, 9.17) is 0 Å². The number of hydrogen-bond acceptors (Lipinski definition) is 1. The van der Waals surface area contributed by atoms with Crippen LogP contribution in [-0.4, -0.2) is 57.2 Å². The Morgan fingerprint density at radius 2 is 1.44 bits per heavy atom. The van der Waals surface area contributed by atoms with Gasteiger partial charge in [-0.1, -0.05) is 13.3 Å². The van der Waals surface area contributed by atoms with Crippen molar-refractivity contribution < 1.29 is 16.9 Å². The molecule has 0 saturated heterocycles. The highest BCUT2D eigenvalue weighted by Crippen LogP contribution is 2.06. The van der Waals surface area contributed by atoms with Gasteiger partial charge in [0.1, 0.15) is 0 Å². The van der Waals surface area contributed by atoms with Crippen LogP contribution in [0.1, 0.15) is 39.0 Å². The molecule has 16 heavy (non-hydrogen) atoms. The van der Waals surface area contributed by atoms with Gasteiger partial charge in [-0.3, -0.25) is 0 Å². The van der Waals surface area contributed by atoms with E-state index in [0.717, 1.165) is 0 Å². The highest BCUT2D eigenvalue weighted by atomic mass is 35.5. The standard InChI is InChI=1S/C13H31N2.ClH/c1-6-12-15(4,5)13-10-8-7-9-11-14(2)3;/h6-13H2,1-5H3;1H/q+1;/p-1. The molecule has 0 amide bonds. The molecule has 0 bridgehead atoms. The van der Waals surface area contributed by atoms with Crippen LogP contribution in [-0.2, 0) is 0 Å². The van der Waals surface area contributed by atoms with Crippen LogP contribution in [0.3, 0.4) is 0 Å². The molecular formula is C13H31ClN2. The minimum Gasteiger partial charge on any atom is -1.00 e. The summed E-state index contributed by atoms with van der Waals surface area (Å²) in [7, 11) is 9.01. The van der Waals surface area contributed by atoms with Crippen molar-refractivity contribution in [3.63, 3.8) is 0 Å². The normalized spacial score (nSPS) is 11.6. The number of hydrogen-bond donors (Lipinski definition) is 0. The number of nitrogens with zero attached hydrogens (tertiary/aromatic N) is 2. The third-order valence-electron chi connectivity index (χ3n) is 2.95. The van der Waals surface area contributed by atoms with Crippen LogP contribution in [0.15, 0.2) is 0 Å². The minimum atomic E-state index is 0. The fourth-order valence-electron chi connectivity index (χ4n) is 2.04. The molecule has 0 radical (unpaired) electrons. The molecule has 2 nitrogen and oxygen atoms in total. The van der Waals surface area contributed by atoms with Crippen molar-refractivity contribution in [2.75, 3.05) is 47.8 Å². The summed E-state index contributed by atoms with van der Waals surface area (Å²) in [6.45, 7) is 6.18. The maximum absolute atomic E-state index is 2.35. The molecule has 3 heteroatoms. The SMILES string of the molecule is CCC[N+](C)(C)CCCCCCN(C)C.[Cl-]. The Balaban J connectivity index is 0. The molecule has 0 heterocycles. The molecule has 0 aromatic heterocycles. The van der Waals surface area contributed by atoms with Crippen molar-refractivity contribution in [2.45, 2.75) is 39.0 Å². The molecule has 0 fully saturated rings. The maximum Gasteiger partial charge on any atom is 0.0782 e. The predicted octanol–water partition coefficient (Wildman–Crippen LogP) is -0.401. The lowest BCUT2D eigenvalue weighted by atomic mass is 10.1. The fraction of sp³-hybridized carbons (Fsp3) is 1.00. The summed E-state index contributed by atoms with van der Waals surface area (Å²) in [5, 5.41) is 0. The second-order valence-corrected chi connectivity index (χ2v) is 5.60. The zero-order valence-electron chi connectivity index (χ0n) is 11.9. The zero-order valence-corrected chi connectivity index (χ0v) is 12.7. The van der Waals surface area contributed by atoms with Gasteiger partial charge in [-0.25, -0.2) is 0 Å². The predicted molar refractivity (Wildman–Crippen MR) is 69.2 cm³/mol. The van der Waals surface area contributed by atoms with Crippen LogP contribution in [0.25, 0.3) is 0 Å². The summed E-state index contributed by atoms with van der Waals surface area (Å²) >= 11 is 0. The summed E-state index contributed by atoms with van der Waals surface area (Å²) in [5.74, 6) is 0. The van der Waals surface area contributed by atoms with E-state index in [0.29, 0.717) is 0 Å². The van der Waals surface area contributed by atoms with Gasteiger partial charge < -0.3 is 21.8 Å². The van der Waals surface area contributed by atoms with Crippen LogP contribution in [0.5, 0.6) is 0 Å². The molecule has 0 aromatic rings. The zero-order chi connectivity index (χ0) is 11.7. The van der Waals surface area contributed by atoms with Crippen molar-refractivity contribution in [3.8, 4) is 0 Å². The molecular weight excluding hydrogens is 220 g/mol. The quantitative estimate of drug-likeness (QED) is 0.398. The molecule has 0 aliphatic carbocycles. The number of unbranched alkanes of at least 4 members (excludes halogenated alkanes) is 3. The Kier molecular flexibility index (Phi) is 12.0. The molecule has 0 unspecified atom stereocenters. The lowest BCUT2D eigenvalue weighted by molar-refractivity contribution is -0.890. The van der Waals surface area contributed by atoms with Crippen LogP contribution < -0.4 is 12.4 Å². The third kappa shape index (κ3) is 12.3. The van der Waals surface area contributed by atoms with Gasteiger partial charge in [0, 0.05) is 0 Å². The van der Waals surface area contributed by atoms with E-state index in [1.165, 1.54) is 56.2 Å². The molecule has 0 spiro atoms. The summed E-state index contributed by atoms with van der Waals surface area (Å²) in [6.07, 6.45) is 6.84. The van der Waals surface area contributed by atoms with Crippen LogP contribution >= 0.6 is 0 Å². The van der Waals surface area contributed by atoms with Gasteiger partial charge in [0.25, 0.3) is 0 Å². The lowest BCUT2D eigenvalue weighted by Gasteiger charge is -2.29. The smallest absolute Gasteiger partial charge is 0.0782 e. The van der Waals surface area contributed by atoms with E-state index in [1.54, 1.807) is 0 Å². The van der Waals surface area contributed by atoms with E-state index < -0.39 is 0 Å². The van der Waals surface area contributed by atoms with Crippen molar-refractivity contribution in [1.29, 1.82) is 0 Å². The van der Waals surface area contributed by atoms with E-state index in [-0.39, 0.29) is 12.4 Å². The largest absolute Gasteiger partial charge is 1.00 e. The van der Waals surface area contributed by atoms with Crippen molar-refractivity contribution in [3.05, 3.63) is 0 Å². The monoisotopic (exact) mass is 250 g/mol. The molecule has 0 saturated carbocycles. The van der Waals surface area contributed by atoms with Gasteiger partial charge in [-0.05, 0) is 46.3 Å². The van der Waals surface area contributed by atoms with Gasteiger partial charge >= 0.3 is 0 Å². The number of rotatable bonds is 9. The summed E-state index contributed by atoms with van der Waals surface area (Å²) in [6, 6.07) is 0. The molecule has 0 aliphatic heterocycles. The first-order valence-corrected chi connectivity index (χ1v) is 6.44. The number of quaternary nitrogens is 1. The van der Waals surface area contributed by atoms with Crippen LogP contribution in [0, 0.1) is 0 Å². The Hall–Kier alpha value is 0.210. The second-order valence-electron chi connectivity index (χ2n) is 5.60. The van der Waals surface area contributed by atoms with E-state index in [9.17, 15) is 0 Å². The van der Waals surface area contributed by atoms with Gasteiger partial charge in [0.05, 0.1) is 27.2 Å². The first-order chi connectivity index (χ1) is 6.98. The first kappa shape index (κ1) is 18.6. The summed E-state index contributed by atoms with van der Waals surface area (Å²) < 4.78 is 1.20. The fourth-order valence-corrected chi connectivity index (χ4v) is 2.04. The molecule has 0 aliphatic rings. The molecule has 0 rings (SSSR count). The van der Waals surface area contributed by atoms with Crippen LogP contribution in [0.4, 0.5) is 0 Å². The minimum absolute atomic E-state index is 0. The topological polar surface area (TPSA) is 3.24 Å². The Labute approximate surface area is 109 Å². The van der Waals surface area contributed by atoms with Crippen molar-refractivity contribution >= 4 is 0 Å². The van der Waals surface area contributed by atoms with E-state index in [1.807, 2.05) is 0 Å². The second kappa shape index (κ2) is 10.4. The highest BCUT2D eigenvalue weighted by molar-refractivity contribution is 4.47. The molecule has 100 valence electrons. The van der Waals surface area contributed by atoms with Gasteiger partial charge in [-0.15, -0.1) is 0 Å². The molecule has 0 aromatic carbocycles. The maximum atomic E-state index is 2.35.